The average Bonchev–Trinajstić information content (AvgIpc) is 3.42. The van der Waals surface area contributed by atoms with Crippen LogP contribution in [0.1, 0.15) is 44.1 Å². The Bertz CT molecular complexity index is 753. The first kappa shape index (κ1) is 23.7. The molecule has 9 heteroatoms. The lowest BCUT2D eigenvalue weighted by atomic mass is 10.0. The summed E-state index contributed by atoms with van der Waals surface area (Å²) < 4.78 is 7.37. The Labute approximate surface area is 189 Å². The number of aromatic nitrogens is 2. The van der Waals surface area contributed by atoms with Crippen molar-refractivity contribution in [1.82, 2.24) is 25.3 Å². The van der Waals surface area contributed by atoms with E-state index in [1.54, 1.807) is 24.1 Å². The monoisotopic (exact) mass is 516 g/mol. The fourth-order valence-electron chi connectivity index (χ4n) is 3.50. The number of guanidine groups is 1. The van der Waals surface area contributed by atoms with E-state index in [0.717, 1.165) is 31.0 Å². The van der Waals surface area contributed by atoms with Gasteiger partial charge in [-0.05, 0) is 51.9 Å². The minimum atomic E-state index is -1.08. The molecule has 2 aromatic rings. The van der Waals surface area contributed by atoms with Crippen molar-refractivity contribution in [2.45, 2.75) is 38.3 Å². The zero-order valence-electron chi connectivity index (χ0n) is 17.5. The van der Waals surface area contributed by atoms with Crippen molar-refractivity contribution >= 4 is 29.9 Å². The molecule has 0 radical (unpaired) electrons. The highest BCUT2D eigenvalue weighted by molar-refractivity contribution is 14.0. The summed E-state index contributed by atoms with van der Waals surface area (Å²) in [7, 11) is 1.83. The zero-order valence-corrected chi connectivity index (χ0v) is 19.8. The summed E-state index contributed by atoms with van der Waals surface area (Å²) in [5.41, 5.74) is -0.327. The summed E-state index contributed by atoms with van der Waals surface area (Å²) in [6.45, 7) is 7.62. The quantitative estimate of drug-likeness (QED) is 0.283. The van der Waals surface area contributed by atoms with Crippen LogP contribution in [0.5, 0.6) is 0 Å². The molecule has 3 N–H and O–H groups in total. The first-order valence-electron chi connectivity index (χ1n) is 10.0. The number of nitrogens with zero attached hydrogens (tertiary/aromatic N) is 4. The van der Waals surface area contributed by atoms with Crippen LogP contribution in [0.4, 0.5) is 0 Å². The molecule has 3 heterocycles. The molecule has 1 saturated heterocycles. The molecule has 2 atom stereocenters. The number of likely N-dealkylation sites (tertiary alicyclic amines) is 1. The number of aryl methyl sites for hydroxylation is 1. The molecule has 29 heavy (non-hydrogen) atoms. The third kappa shape index (κ3) is 6.45. The van der Waals surface area contributed by atoms with Crippen LogP contribution in [0.15, 0.2) is 40.2 Å². The molecule has 8 nitrogen and oxygen atoms in total. The fourth-order valence-corrected chi connectivity index (χ4v) is 3.50. The minimum absolute atomic E-state index is 0. The number of hydrogen-bond acceptors (Lipinski definition) is 5. The third-order valence-electron chi connectivity index (χ3n) is 5.13. The minimum Gasteiger partial charge on any atom is -0.468 e. The van der Waals surface area contributed by atoms with Gasteiger partial charge >= 0.3 is 0 Å². The summed E-state index contributed by atoms with van der Waals surface area (Å²) in [5.74, 6) is 1.65. The number of rotatable bonds is 8. The van der Waals surface area contributed by atoms with Gasteiger partial charge in [0.05, 0.1) is 25.0 Å². The Morgan fingerprint density at radius 2 is 2.14 bits per heavy atom. The molecule has 3 rings (SSSR count). The van der Waals surface area contributed by atoms with Gasteiger partial charge in [-0.25, -0.2) is 4.99 Å². The number of aliphatic imine (C=N–C) groups is 1. The van der Waals surface area contributed by atoms with Crippen molar-refractivity contribution in [2.24, 2.45) is 12.0 Å². The number of halogens is 1. The third-order valence-corrected chi connectivity index (χ3v) is 5.13. The van der Waals surface area contributed by atoms with E-state index in [0.29, 0.717) is 12.5 Å². The van der Waals surface area contributed by atoms with E-state index < -0.39 is 5.60 Å². The van der Waals surface area contributed by atoms with Gasteiger partial charge in [-0.2, -0.15) is 5.10 Å². The molecule has 0 saturated carbocycles. The molecule has 1 fully saturated rings. The van der Waals surface area contributed by atoms with Crippen molar-refractivity contribution in [2.75, 3.05) is 32.7 Å². The maximum absolute atomic E-state index is 10.8. The van der Waals surface area contributed by atoms with Crippen LogP contribution in [0.25, 0.3) is 0 Å². The van der Waals surface area contributed by atoms with Gasteiger partial charge in [-0.15, -0.1) is 24.0 Å². The van der Waals surface area contributed by atoms with E-state index in [1.165, 1.54) is 12.8 Å². The Morgan fingerprint density at radius 3 is 2.72 bits per heavy atom. The van der Waals surface area contributed by atoms with Crippen LogP contribution >= 0.6 is 24.0 Å². The van der Waals surface area contributed by atoms with E-state index >= 15 is 0 Å². The van der Waals surface area contributed by atoms with Gasteiger partial charge in [0.1, 0.15) is 11.4 Å². The van der Waals surface area contributed by atoms with Crippen LogP contribution in [-0.4, -0.2) is 58.5 Å². The number of hydrogen-bond donors (Lipinski definition) is 3. The van der Waals surface area contributed by atoms with E-state index in [2.05, 4.69) is 25.6 Å². The zero-order chi connectivity index (χ0) is 20.0. The number of furan rings is 1. The Hall–Kier alpha value is -1.59. The van der Waals surface area contributed by atoms with Crippen LogP contribution < -0.4 is 10.6 Å². The van der Waals surface area contributed by atoms with Crippen LogP contribution in [0, 0.1) is 0 Å². The summed E-state index contributed by atoms with van der Waals surface area (Å²) in [5, 5.41) is 21.6. The van der Waals surface area contributed by atoms with Gasteiger partial charge in [0.15, 0.2) is 5.96 Å². The normalized spacial score (nSPS) is 18.1. The molecule has 0 spiro atoms. The van der Waals surface area contributed by atoms with E-state index in [-0.39, 0.29) is 36.6 Å². The second kappa shape index (κ2) is 11.0. The Balaban J connectivity index is 0.00000300. The SMILES string of the molecule is CCNC(=NCC(C)(O)c1cnn(C)c1)NCC(c1ccco1)N1CCCC1.I. The van der Waals surface area contributed by atoms with Gasteiger partial charge in [0, 0.05) is 31.9 Å². The van der Waals surface area contributed by atoms with E-state index in [9.17, 15) is 5.11 Å². The van der Waals surface area contributed by atoms with E-state index in [4.69, 9.17) is 4.42 Å². The molecule has 1 aliphatic heterocycles. The maximum atomic E-state index is 10.8. The van der Waals surface area contributed by atoms with E-state index in [1.807, 2.05) is 32.3 Å². The number of nitrogens with one attached hydrogen (secondary N) is 2. The highest BCUT2D eigenvalue weighted by Gasteiger charge is 2.27. The van der Waals surface area contributed by atoms with Crippen molar-refractivity contribution in [3.8, 4) is 0 Å². The summed E-state index contributed by atoms with van der Waals surface area (Å²) in [6, 6.07) is 4.13. The lowest BCUT2D eigenvalue weighted by Gasteiger charge is -2.27. The van der Waals surface area contributed by atoms with Gasteiger partial charge in [0.2, 0.25) is 0 Å². The van der Waals surface area contributed by atoms with Crippen molar-refractivity contribution in [1.29, 1.82) is 0 Å². The van der Waals surface area contributed by atoms with Crippen LogP contribution in [0.3, 0.4) is 0 Å². The summed E-state index contributed by atoms with van der Waals surface area (Å²) >= 11 is 0. The van der Waals surface area contributed by atoms with Gasteiger partial charge in [-0.1, -0.05) is 0 Å². The maximum Gasteiger partial charge on any atom is 0.191 e. The smallest absolute Gasteiger partial charge is 0.191 e. The molecule has 0 aromatic carbocycles. The highest BCUT2D eigenvalue weighted by atomic mass is 127. The molecule has 0 amide bonds. The van der Waals surface area contributed by atoms with Crippen molar-refractivity contribution < 1.29 is 9.52 Å². The second-order valence-corrected chi connectivity index (χ2v) is 7.53. The summed E-state index contributed by atoms with van der Waals surface area (Å²) in [4.78, 5) is 7.05. The van der Waals surface area contributed by atoms with Gasteiger partial charge in [-0.3, -0.25) is 9.58 Å². The molecular weight excluding hydrogens is 483 g/mol. The lowest BCUT2D eigenvalue weighted by molar-refractivity contribution is 0.0671. The molecule has 162 valence electrons. The molecule has 0 aliphatic carbocycles. The average molecular weight is 516 g/mol. The molecular formula is C20H33IN6O2. The van der Waals surface area contributed by atoms with Crippen LogP contribution in [-0.2, 0) is 12.6 Å². The second-order valence-electron chi connectivity index (χ2n) is 7.53. The van der Waals surface area contributed by atoms with Crippen molar-refractivity contribution in [3.05, 3.63) is 42.1 Å². The Kier molecular flexibility index (Phi) is 8.97. The predicted octanol–water partition coefficient (Wildman–Crippen LogP) is 2.23. The largest absolute Gasteiger partial charge is 0.468 e. The molecule has 2 aromatic heterocycles. The Morgan fingerprint density at radius 1 is 1.38 bits per heavy atom. The fraction of sp³-hybridized carbons (Fsp3) is 0.600. The molecule has 1 aliphatic rings. The highest BCUT2D eigenvalue weighted by Crippen LogP contribution is 2.25. The standard InChI is InChI=1S/C20H32N6O2.HI/c1-4-21-19(23-15-20(2,27)16-12-24-25(3)14-16)22-13-17(18-8-7-11-28-18)26-9-5-6-10-26;/h7-8,11-12,14,17,27H,4-6,9-10,13,15H2,1-3H3,(H2,21,22,23);1H. The first-order valence-corrected chi connectivity index (χ1v) is 10.0. The van der Waals surface area contributed by atoms with Crippen LogP contribution in [0.2, 0.25) is 0 Å². The summed E-state index contributed by atoms with van der Waals surface area (Å²) in [6.07, 6.45) is 7.66. The molecule has 0 bridgehead atoms. The first-order chi connectivity index (χ1) is 13.5. The van der Waals surface area contributed by atoms with Crippen molar-refractivity contribution in [3.63, 3.8) is 0 Å². The lowest BCUT2D eigenvalue weighted by Crippen LogP contribution is -2.43. The molecule has 2 unspecified atom stereocenters. The topological polar surface area (TPSA) is 90.8 Å². The van der Waals surface area contributed by atoms with Gasteiger partial charge in [0.25, 0.3) is 0 Å². The predicted molar refractivity (Wildman–Crippen MR) is 124 cm³/mol. The van der Waals surface area contributed by atoms with Gasteiger partial charge < -0.3 is 20.2 Å². The number of aliphatic hydroxyl groups is 1.